The van der Waals surface area contributed by atoms with Crippen molar-refractivity contribution in [1.82, 2.24) is 0 Å². The first-order valence-electron chi connectivity index (χ1n) is 10.7. The predicted octanol–water partition coefficient (Wildman–Crippen LogP) is 7.86. The van der Waals surface area contributed by atoms with Crippen molar-refractivity contribution in [2.24, 2.45) is 5.92 Å². The highest BCUT2D eigenvalue weighted by Crippen LogP contribution is 2.09. The van der Waals surface area contributed by atoms with Gasteiger partial charge in [-0.15, -0.1) is 0 Å². The van der Waals surface area contributed by atoms with E-state index in [1.165, 1.54) is 77.0 Å². The maximum absolute atomic E-state index is 5.69. The number of rotatable bonds is 18. The summed E-state index contributed by atoms with van der Waals surface area (Å²) in [5.41, 5.74) is 0. The topological polar surface area (TPSA) is 9.23 Å². The van der Waals surface area contributed by atoms with Crippen LogP contribution >= 0.6 is 0 Å². The van der Waals surface area contributed by atoms with Gasteiger partial charge in [0.05, 0.1) is 0 Å². The fourth-order valence-corrected chi connectivity index (χ4v) is 2.59. The van der Waals surface area contributed by atoms with E-state index in [4.69, 9.17) is 4.74 Å². The maximum atomic E-state index is 5.69. The Balaban J connectivity index is 3.15. The molecule has 1 atom stereocenters. The number of ether oxygens (including phenoxy) is 1. The van der Waals surface area contributed by atoms with Crippen molar-refractivity contribution in [3.63, 3.8) is 0 Å². The Morgan fingerprint density at radius 3 is 1.92 bits per heavy atom. The van der Waals surface area contributed by atoms with Crippen molar-refractivity contribution in [3.8, 4) is 0 Å². The van der Waals surface area contributed by atoms with E-state index in [2.05, 4.69) is 45.1 Å². The number of unbranched alkanes of at least 4 members (excludes halogenated alkanes) is 9. The largest absolute Gasteiger partial charge is 0.381 e. The van der Waals surface area contributed by atoms with E-state index in [0.29, 0.717) is 0 Å². The molecule has 0 rings (SSSR count). The summed E-state index contributed by atoms with van der Waals surface area (Å²) in [4.78, 5) is 0. The first-order chi connectivity index (χ1) is 11.8. The molecule has 0 saturated carbocycles. The van der Waals surface area contributed by atoms with E-state index < -0.39 is 0 Å². The van der Waals surface area contributed by atoms with Crippen LogP contribution in [0.3, 0.4) is 0 Å². The Labute approximate surface area is 153 Å². The third-order valence-electron chi connectivity index (χ3n) is 4.59. The van der Waals surface area contributed by atoms with E-state index >= 15 is 0 Å². The summed E-state index contributed by atoms with van der Waals surface area (Å²) in [5.74, 6) is 0.717. The Morgan fingerprint density at radius 1 is 0.708 bits per heavy atom. The fraction of sp³-hybridized carbons (Fsp3) is 0.826. The van der Waals surface area contributed by atoms with Crippen LogP contribution in [0.15, 0.2) is 24.3 Å². The van der Waals surface area contributed by atoms with Crippen LogP contribution in [0.4, 0.5) is 0 Å². The molecule has 0 amide bonds. The standard InChI is InChI=1S/C23H44O/c1-4-6-7-8-9-10-11-12-13-14-15-16-17-18-19-20-21-24-22-23(3)5-2/h9-10,12-13,23H,4-8,11,14-22H2,1-3H3/b10-9-,13-12-. The molecule has 0 aliphatic rings. The van der Waals surface area contributed by atoms with Gasteiger partial charge in [0.25, 0.3) is 0 Å². The number of hydrogen-bond donors (Lipinski definition) is 0. The summed E-state index contributed by atoms with van der Waals surface area (Å²) in [6, 6.07) is 0. The lowest BCUT2D eigenvalue weighted by Crippen LogP contribution is -2.05. The highest BCUT2D eigenvalue weighted by Gasteiger charge is 1.97. The lowest BCUT2D eigenvalue weighted by molar-refractivity contribution is 0.100. The minimum absolute atomic E-state index is 0.717. The summed E-state index contributed by atoms with van der Waals surface area (Å²) in [5, 5.41) is 0. The first-order valence-corrected chi connectivity index (χ1v) is 10.7. The van der Waals surface area contributed by atoms with Crippen LogP contribution in [-0.2, 0) is 4.74 Å². The van der Waals surface area contributed by atoms with Crippen LogP contribution < -0.4 is 0 Å². The summed E-state index contributed by atoms with van der Waals surface area (Å²) in [6.07, 6.45) is 26.3. The van der Waals surface area contributed by atoms with Gasteiger partial charge >= 0.3 is 0 Å². The zero-order chi connectivity index (χ0) is 17.7. The Bertz CT molecular complexity index is 280. The molecule has 1 heteroatoms. The molecule has 0 N–H and O–H groups in total. The van der Waals surface area contributed by atoms with Crippen molar-refractivity contribution < 1.29 is 4.74 Å². The van der Waals surface area contributed by atoms with E-state index in [9.17, 15) is 0 Å². The van der Waals surface area contributed by atoms with Gasteiger partial charge in [0, 0.05) is 13.2 Å². The van der Waals surface area contributed by atoms with Crippen molar-refractivity contribution in [1.29, 1.82) is 0 Å². The van der Waals surface area contributed by atoms with E-state index in [0.717, 1.165) is 25.6 Å². The zero-order valence-electron chi connectivity index (χ0n) is 16.9. The van der Waals surface area contributed by atoms with Gasteiger partial charge in [-0.3, -0.25) is 0 Å². The van der Waals surface area contributed by atoms with Gasteiger partial charge in [0.1, 0.15) is 0 Å². The monoisotopic (exact) mass is 336 g/mol. The van der Waals surface area contributed by atoms with Gasteiger partial charge in [0.15, 0.2) is 0 Å². The summed E-state index contributed by atoms with van der Waals surface area (Å²) in [6.45, 7) is 8.65. The Hall–Kier alpha value is -0.560. The van der Waals surface area contributed by atoms with E-state index in [-0.39, 0.29) is 0 Å². The first kappa shape index (κ1) is 23.4. The molecule has 1 nitrogen and oxygen atoms in total. The lowest BCUT2D eigenvalue weighted by Gasteiger charge is -2.09. The molecule has 0 aliphatic carbocycles. The summed E-state index contributed by atoms with van der Waals surface area (Å²) in [7, 11) is 0. The van der Waals surface area contributed by atoms with Crippen LogP contribution in [0.1, 0.15) is 104 Å². The van der Waals surface area contributed by atoms with Crippen LogP contribution in [0, 0.1) is 5.92 Å². The second-order valence-corrected chi connectivity index (χ2v) is 7.17. The third-order valence-corrected chi connectivity index (χ3v) is 4.59. The maximum Gasteiger partial charge on any atom is 0.0491 e. The third kappa shape index (κ3) is 19.5. The molecule has 0 bridgehead atoms. The molecule has 0 saturated heterocycles. The SMILES string of the molecule is CCCCC/C=C\C/C=C\CCCCCCCCOCC(C)CC. The number of allylic oxidation sites excluding steroid dienone is 4. The molecule has 1 unspecified atom stereocenters. The second-order valence-electron chi connectivity index (χ2n) is 7.17. The van der Waals surface area contributed by atoms with E-state index in [1.807, 2.05) is 0 Å². The van der Waals surface area contributed by atoms with Gasteiger partial charge < -0.3 is 4.74 Å². The smallest absolute Gasteiger partial charge is 0.0491 e. The Kier molecular flexibility index (Phi) is 20.0. The molecule has 142 valence electrons. The zero-order valence-corrected chi connectivity index (χ0v) is 16.9. The minimum atomic E-state index is 0.717. The van der Waals surface area contributed by atoms with Gasteiger partial charge in [-0.25, -0.2) is 0 Å². The summed E-state index contributed by atoms with van der Waals surface area (Å²) < 4.78 is 5.69. The molecular formula is C23H44O. The highest BCUT2D eigenvalue weighted by atomic mass is 16.5. The average molecular weight is 337 g/mol. The molecule has 0 aromatic rings. The molecule has 0 fully saturated rings. The lowest BCUT2D eigenvalue weighted by atomic mass is 10.1. The fourth-order valence-electron chi connectivity index (χ4n) is 2.59. The minimum Gasteiger partial charge on any atom is -0.381 e. The van der Waals surface area contributed by atoms with E-state index in [1.54, 1.807) is 0 Å². The molecule has 0 spiro atoms. The molecule has 24 heavy (non-hydrogen) atoms. The van der Waals surface area contributed by atoms with Crippen LogP contribution in [-0.4, -0.2) is 13.2 Å². The van der Waals surface area contributed by atoms with Crippen LogP contribution in [0.5, 0.6) is 0 Å². The van der Waals surface area contributed by atoms with Gasteiger partial charge in [-0.2, -0.15) is 0 Å². The van der Waals surface area contributed by atoms with Gasteiger partial charge in [-0.1, -0.05) is 90.0 Å². The summed E-state index contributed by atoms with van der Waals surface area (Å²) >= 11 is 0. The normalized spacial score (nSPS) is 13.3. The number of hydrogen-bond acceptors (Lipinski definition) is 1. The molecular weight excluding hydrogens is 292 g/mol. The van der Waals surface area contributed by atoms with Crippen LogP contribution in [0.2, 0.25) is 0 Å². The predicted molar refractivity (Wildman–Crippen MR) is 110 cm³/mol. The van der Waals surface area contributed by atoms with Crippen molar-refractivity contribution in [3.05, 3.63) is 24.3 Å². The highest BCUT2D eigenvalue weighted by molar-refractivity contribution is 4.92. The van der Waals surface area contributed by atoms with Crippen molar-refractivity contribution in [2.45, 2.75) is 104 Å². The average Bonchev–Trinajstić information content (AvgIpc) is 2.60. The van der Waals surface area contributed by atoms with Gasteiger partial charge in [-0.05, 0) is 44.4 Å². The quantitative estimate of drug-likeness (QED) is 0.183. The van der Waals surface area contributed by atoms with Gasteiger partial charge in [0.2, 0.25) is 0 Å². The molecule has 0 aromatic heterocycles. The molecule has 0 radical (unpaired) electrons. The van der Waals surface area contributed by atoms with Crippen molar-refractivity contribution in [2.75, 3.05) is 13.2 Å². The Morgan fingerprint density at radius 2 is 1.29 bits per heavy atom. The molecule has 0 aliphatic heterocycles. The second kappa shape index (κ2) is 20.5. The molecule has 0 heterocycles. The van der Waals surface area contributed by atoms with Crippen LogP contribution in [0.25, 0.3) is 0 Å². The molecule has 0 aromatic carbocycles. The van der Waals surface area contributed by atoms with Crippen molar-refractivity contribution >= 4 is 0 Å².